The van der Waals surface area contributed by atoms with E-state index in [9.17, 15) is 31.7 Å². The minimum Gasteiger partial charge on any atom is -0.591 e. The minimum absolute atomic E-state index is 0.00400. The molecule has 62 heavy (non-hydrogen) atoms. The van der Waals surface area contributed by atoms with Gasteiger partial charge in [0.15, 0.2) is 5.84 Å². The van der Waals surface area contributed by atoms with Gasteiger partial charge in [0.1, 0.15) is 35.8 Å². The first kappa shape index (κ1) is 45.4. The zero-order valence-electron chi connectivity index (χ0n) is 33.1. The van der Waals surface area contributed by atoms with Gasteiger partial charge in [-0.1, -0.05) is 30.7 Å². The quantitative estimate of drug-likeness (QED) is 0.0326. The lowest BCUT2D eigenvalue weighted by Gasteiger charge is -2.31. The highest BCUT2D eigenvalue weighted by Gasteiger charge is 2.51. The number of amidine groups is 1. The SMILES string of the molecule is C=Nc1cc(-c2cccc(OC)n2)ccc1C(=O)N(CC(Cc1cc(F)cc(F)c1)NC(=O)Cn1nc(C(F)F)c2c1C(F)(F)C(C)C2)c1ccc(Cl)c(C(N)=N[S+](C)[O-])c1N. The molecule has 2 aromatic heterocycles. The Labute approximate surface area is 359 Å². The number of aliphatic imine (C=N–C) groups is 1. The molecule has 1 aliphatic carbocycles. The zero-order chi connectivity index (χ0) is 45.2. The molecule has 3 atom stereocenters. The normalized spacial score (nSPS) is 15.5. The Morgan fingerprint density at radius 2 is 1.85 bits per heavy atom. The smallest absolute Gasteiger partial charge is 0.292 e. The third-order valence-corrected chi connectivity index (χ3v) is 10.8. The summed E-state index contributed by atoms with van der Waals surface area (Å²) in [6.45, 7) is 3.28. The highest BCUT2D eigenvalue weighted by atomic mass is 35.5. The van der Waals surface area contributed by atoms with Crippen LogP contribution in [0.4, 0.5) is 43.4 Å². The standard InChI is InChI=1S/C41H38ClF6N9O4S/c1-20-12-27-36(38(45)46)54-57(37(27)41(20,47)48)19-32(58)52-25(15-21-13-23(43)17-24(44)14-21)18-56(31-11-10-28(42)34(35(31)49)39(50)55-62(4)60)40(59)26-9-8-22(16-30(26)51-2)29-6-5-7-33(53-29)61-3/h5-11,13-14,16-17,20,25,38H,2,12,15,18-19,49H2,1,3-4H3,(H2,50,55)(H,52,58). The van der Waals surface area contributed by atoms with E-state index in [0.717, 1.165) is 17.0 Å². The van der Waals surface area contributed by atoms with Gasteiger partial charge in [-0.3, -0.25) is 19.3 Å². The van der Waals surface area contributed by atoms with Crippen LogP contribution in [0.1, 0.15) is 51.8 Å². The summed E-state index contributed by atoms with van der Waals surface area (Å²) in [4.78, 5) is 38.4. The topological polar surface area (TPSA) is 189 Å². The van der Waals surface area contributed by atoms with Gasteiger partial charge < -0.3 is 31.0 Å². The first-order valence-corrected chi connectivity index (χ1v) is 20.4. The molecule has 0 spiro atoms. The number of benzene rings is 3. The zero-order valence-corrected chi connectivity index (χ0v) is 34.7. The molecule has 5 N–H and O–H groups in total. The molecule has 0 fully saturated rings. The molecule has 326 valence electrons. The third kappa shape index (κ3) is 9.51. The average Bonchev–Trinajstić information content (AvgIpc) is 3.68. The van der Waals surface area contributed by atoms with Gasteiger partial charge in [-0.15, -0.1) is 0 Å². The van der Waals surface area contributed by atoms with Crippen LogP contribution in [0, 0.1) is 17.6 Å². The predicted octanol–water partition coefficient (Wildman–Crippen LogP) is 7.09. The summed E-state index contributed by atoms with van der Waals surface area (Å²) >= 11 is 4.66. The van der Waals surface area contributed by atoms with Crippen LogP contribution in [0.15, 0.2) is 76.1 Å². The molecule has 0 bridgehead atoms. The molecule has 2 amide bonds. The molecule has 0 saturated heterocycles. The Kier molecular flexibility index (Phi) is 13.5. The number of carbonyl (C=O) groups is 2. The van der Waals surface area contributed by atoms with Crippen molar-refractivity contribution in [1.82, 2.24) is 20.1 Å². The molecule has 1 aliphatic rings. The van der Waals surface area contributed by atoms with Crippen LogP contribution < -0.4 is 26.4 Å². The number of fused-ring (bicyclic) bond motifs is 1. The largest absolute Gasteiger partial charge is 0.591 e. The predicted molar refractivity (Wildman–Crippen MR) is 224 cm³/mol. The van der Waals surface area contributed by atoms with Crippen LogP contribution in [0.2, 0.25) is 5.02 Å². The molecule has 5 aromatic rings. The maximum Gasteiger partial charge on any atom is 0.292 e. The number of ether oxygens (including phenoxy) is 1. The summed E-state index contributed by atoms with van der Waals surface area (Å²) in [5.41, 5.74) is 11.2. The van der Waals surface area contributed by atoms with Crippen molar-refractivity contribution >= 4 is 64.4 Å². The molecule has 6 rings (SSSR count). The number of nitrogens with one attached hydrogen (secondary N) is 1. The Morgan fingerprint density at radius 3 is 2.50 bits per heavy atom. The Morgan fingerprint density at radius 1 is 1.15 bits per heavy atom. The maximum absolute atomic E-state index is 15.4. The van der Waals surface area contributed by atoms with Gasteiger partial charge in [0.2, 0.25) is 11.8 Å². The van der Waals surface area contributed by atoms with Crippen LogP contribution >= 0.6 is 11.6 Å². The van der Waals surface area contributed by atoms with E-state index < -0.39 is 90.0 Å². The van der Waals surface area contributed by atoms with E-state index in [1.54, 1.807) is 24.3 Å². The van der Waals surface area contributed by atoms with Crippen molar-refractivity contribution in [2.75, 3.05) is 30.5 Å². The Balaban J connectivity index is 1.46. The number of anilines is 2. The molecular weight excluding hydrogens is 864 g/mol. The maximum atomic E-state index is 15.4. The van der Waals surface area contributed by atoms with Crippen molar-refractivity contribution in [2.24, 2.45) is 21.0 Å². The lowest BCUT2D eigenvalue weighted by molar-refractivity contribution is -0.122. The van der Waals surface area contributed by atoms with Crippen LogP contribution in [0.3, 0.4) is 0 Å². The number of rotatable bonds is 15. The number of alkyl halides is 4. The Hall–Kier alpha value is -6.12. The van der Waals surface area contributed by atoms with Crippen molar-refractivity contribution in [3.05, 3.63) is 117 Å². The summed E-state index contributed by atoms with van der Waals surface area (Å²) in [6.07, 6.45) is -2.77. The number of halogens is 7. The van der Waals surface area contributed by atoms with Crippen LogP contribution in [-0.2, 0) is 41.5 Å². The highest BCUT2D eigenvalue weighted by Crippen LogP contribution is 2.48. The number of amides is 2. The van der Waals surface area contributed by atoms with E-state index in [1.807, 2.05) is 0 Å². The van der Waals surface area contributed by atoms with Crippen LogP contribution in [0.25, 0.3) is 11.3 Å². The van der Waals surface area contributed by atoms with Gasteiger partial charge in [-0.2, -0.15) is 13.9 Å². The van der Waals surface area contributed by atoms with Gasteiger partial charge in [-0.25, -0.2) is 22.5 Å². The summed E-state index contributed by atoms with van der Waals surface area (Å²) in [6, 6.07) is 13.5. The van der Waals surface area contributed by atoms with Gasteiger partial charge in [0.05, 0.1) is 63.4 Å². The molecule has 3 unspecified atom stereocenters. The van der Waals surface area contributed by atoms with E-state index in [1.165, 1.54) is 44.6 Å². The fourth-order valence-electron chi connectivity index (χ4n) is 7.24. The summed E-state index contributed by atoms with van der Waals surface area (Å²) in [5, 5.41) is 6.24. The monoisotopic (exact) mass is 901 g/mol. The van der Waals surface area contributed by atoms with Gasteiger partial charge in [0.25, 0.3) is 18.3 Å². The first-order valence-electron chi connectivity index (χ1n) is 18.5. The summed E-state index contributed by atoms with van der Waals surface area (Å²) in [7, 11) is 1.44. The number of hydrogen-bond donors (Lipinski definition) is 3. The van der Waals surface area contributed by atoms with Crippen molar-refractivity contribution in [3.63, 3.8) is 0 Å². The molecule has 2 heterocycles. The fourth-order valence-corrected chi connectivity index (χ4v) is 7.87. The van der Waals surface area contributed by atoms with E-state index in [-0.39, 0.29) is 56.6 Å². The summed E-state index contributed by atoms with van der Waals surface area (Å²) < 4.78 is 109. The highest BCUT2D eigenvalue weighted by molar-refractivity contribution is 7.89. The number of hydrogen-bond acceptors (Lipinski definition) is 9. The lowest BCUT2D eigenvalue weighted by Crippen LogP contribution is -2.48. The van der Waals surface area contributed by atoms with E-state index in [2.05, 4.69) is 31.5 Å². The second-order valence-corrected chi connectivity index (χ2v) is 15.7. The van der Waals surface area contributed by atoms with Crippen molar-refractivity contribution in [1.29, 1.82) is 0 Å². The molecule has 13 nitrogen and oxygen atoms in total. The first-order chi connectivity index (χ1) is 29.3. The Bertz CT molecular complexity index is 2560. The fraction of sp³-hybridized carbons (Fsp3) is 0.268. The lowest BCUT2D eigenvalue weighted by atomic mass is 10.0. The van der Waals surface area contributed by atoms with Crippen LogP contribution in [-0.4, -0.2) is 69.6 Å². The number of nitrogen functional groups attached to an aromatic ring is 1. The second-order valence-electron chi connectivity index (χ2n) is 14.3. The van der Waals surface area contributed by atoms with Gasteiger partial charge >= 0.3 is 0 Å². The van der Waals surface area contributed by atoms with Gasteiger partial charge in [0, 0.05) is 35.7 Å². The number of aromatic nitrogens is 3. The van der Waals surface area contributed by atoms with E-state index in [4.69, 9.17) is 27.8 Å². The molecule has 0 saturated carbocycles. The van der Waals surface area contributed by atoms with Crippen molar-refractivity contribution < 1.29 is 45.2 Å². The average molecular weight is 902 g/mol. The minimum atomic E-state index is -3.61. The second kappa shape index (κ2) is 18.5. The molecule has 0 aliphatic heterocycles. The number of pyridine rings is 1. The molecule has 21 heteroatoms. The van der Waals surface area contributed by atoms with Crippen molar-refractivity contribution in [2.45, 2.75) is 44.7 Å². The molecule has 0 radical (unpaired) electrons. The number of methoxy groups -OCH3 is 1. The molecular formula is C41H38ClF6N9O4S. The van der Waals surface area contributed by atoms with Crippen molar-refractivity contribution in [3.8, 4) is 17.1 Å². The van der Waals surface area contributed by atoms with E-state index >= 15 is 8.78 Å². The van der Waals surface area contributed by atoms with E-state index in [0.29, 0.717) is 27.9 Å². The number of nitrogens with two attached hydrogens (primary N) is 2. The number of nitrogens with zero attached hydrogens (tertiary/aromatic N) is 6. The summed E-state index contributed by atoms with van der Waals surface area (Å²) in [5.74, 6) is -8.80. The third-order valence-electron chi connectivity index (χ3n) is 10.0. The number of carbonyl (C=O) groups excluding carboxylic acids is 2. The van der Waals surface area contributed by atoms with Gasteiger partial charge in [-0.05, 0) is 72.0 Å². The van der Waals surface area contributed by atoms with Crippen LogP contribution in [0.5, 0.6) is 5.88 Å². The molecule has 3 aromatic carbocycles.